The van der Waals surface area contributed by atoms with Crippen LogP contribution in [-0.2, 0) is 9.47 Å². The first-order valence-electron chi connectivity index (χ1n) is 13.7. The van der Waals surface area contributed by atoms with Crippen molar-refractivity contribution in [2.45, 2.75) is 129 Å². The zero-order chi connectivity index (χ0) is 22.5. The van der Waals surface area contributed by atoms with Crippen LogP contribution in [0.4, 0.5) is 0 Å². The Labute approximate surface area is 193 Å². The van der Waals surface area contributed by atoms with Crippen molar-refractivity contribution in [3.05, 3.63) is 0 Å². The number of aliphatic hydroxyl groups excluding tert-OH is 1. The molecule has 2 bridgehead atoms. The smallest absolute Gasteiger partial charge is 0.173 e. The van der Waals surface area contributed by atoms with Gasteiger partial charge >= 0.3 is 0 Å². The molecular formula is C28H44O4. The van der Waals surface area contributed by atoms with Crippen molar-refractivity contribution in [3.63, 3.8) is 0 Å². The summed E-state index contributed by atoms with van der Waals surface area (Å²) in [5.74, 6) is 2.16. The number of aliphatic hydroxyl groups is 2. The zero-order valence-corrected chi connectivity index (χ0v) is 20.8. The zero-order valence-electron chi connectivity index (χ0n) is 20.8. The average Bonchev–Trinajstić information content (AvgIpc) is 3.19. The quantitative estimate of drug-likeness (QED) is 0.594. The fourth-order valence-corrected chi connectivity index (χ4v) is 11.6. The standard InChI is InChI=1S/C28H44O4/c1-23(2)19-8-6-16-17-14-28-20(9-7-18(31-28)22(32-28)24(3,4)30)25(17,5)12-13-26(16)15-27(19,26)11-10-21(23)29/h16-22,29-30H,6-15H2,1-5H3/t16?,17?,18?,19?,20?,21-,22-,25?,26-,27?,28?/m0/s1. The second kappa shape index (κ2) is 5.79. The lowest BCUT2D eigenvalue weighted by Gasteiger charge is -2.59. The fraction of sp³-hybridized carbons (Fsp3) is 1.00. The van der Waals surface area contributed by atoms with Crippen LogP contribution in [0.2, 0.25) is 0 Å². The summed E-state index contributed by atoms with van der Waals surface area (Å²) in [6, 6.07) is 0. The minimum Gasteiger partial charge on any atom is -0.393 e. The molecule has 2 heterocycles. The van der Waals surface area contributed by atoms with E-state index in [1.807, 2.05) is 13.8 Å². The van der Waals surface area contributed by atoms with Gasteiger partial charge in [-0.05, 0) is 111 Å². The first-order valence-corrected chi connectivity index (χ1v) is 13.7. The summed E-state index contributed by atoms with van der Waals surface area (Å²) in [4.78, 5) is 0. The highest BCUT2D eigenvalue weighted by Crippen LogP contribution is 2.87. The van der Waals surface area contributed by atoms with Crippen molar-refractivity contribution in [1.29, 1.82) is 0 Å². The Morgan fingerprint density at radius 3 is 2.31 bits per heavy atom. The minimum absolute atomic E-state index is 0.0487. The normalized spacial score (nSPS) is 61.8. The van der Waals surface area contributed by atoms with E-state index in [0.29, 0.717) is 34.0 Å². The molecule has 8 unspecified atom stereocenters. The molecule has 0 radical (unpaired) electrons. The maximum atomic E-state index is 10.8. The number of hydrogen-bond acceptors (Lipinski definition) is 4. The Morgan fingerprint density at radius 2 is 1.56 bits per heavy atom. The van der Waals surface area contributed by atoms with Gasteiger partial charge in [0.25, 0.3) is 0 Å². The van der Waals surface area contributed by atoms with Crippen molar-refractivity contribution in [2.24, 2.45) is 45.3 Å². The molecule has 7 aliphatic rings. The summed E-state index contributed by atoms with van der Waals surface area (Å²) in [7, 11) is 0. The lowest BCUT2D eigenvalue weighted by Crippen LogP contribution is -2.54. The molecule has 7 fully saturated rings. The molecule has 2 saturated heterocycles. The van der Waals surface area contributed by atoms with Crippen LogP contribution in [0.5, 0.6) is 0 Å². The Morgan fingerprint density at radius 1 is 0.812 bits per heavy atom. The van der Waals surface area contributed by atoms with Crippen molar-refractivity contribution in [1.82, 2.24) is 0 Å². The number of hydrogen-bond donors (Lipinski definition) is 2. The van der Waals surface area contributed by atoms with Crippen molar-refractivity contribution >= 4 is 0 Å². The molecule has 2 aliphatic heterocycles. The van der Waals surface area contributed by atoms with Crippen LogP contribution in [0.25, 0.3) is 0 Å². The van der Waals surface area contributed by atoms with Gasteiger partial charge in [-0.25, -0.2) is 0 Å². The first-order chi connectivity index (χ1) is 14.9. The van der Waals surface area contributed by atoms with Crippen LogP contribution in [0.15, 0.2) is 0 Å². The van der Waals surface area contributed by atoms with Crippen LogP contribution in [0, 0.1) is 45.3 Å². The molecule has 2 N–H and O–H groups in total. The van der Waals surface area contributed by atoms with E-state index < -0.39 is 11.4 Å². The third-order valence-electron chi connectivity index (χ3n) is 13.0. The lowest BCUT2D eigenvalue weighted by molar-refractivity contribution is -0.232. The van der Waals surface area contributed by atoms with Gasteiger partial charge in [0.05, 0.1) is 17.8 Å². The van der Waals surface area contributed by atoms with E-state index in [1.54, 1.807) is 0 Å². The Bertz CT molecular complexity index is 847. The summed E-state index contributed by atoms with van der Waals surface area (Å²) >= 11 is 0. The molecule has 180 valence electrons. The van der Waals surface area contributed by atoms with Gasteiger partial charge < -0.3 is 19.7 Å². The second-order valence-corrected chi connectivity index (χ2v) is 14.7. The van der Waals surface area contributed by atoms with Crippen molar-refractivity contribution in [2.75, 3.05) is 0 Å². The topological polar surface area (TPSA) is 58.9 Å². The molecule has 0 aromatic heterocycles. The van der Waals surface area contributed by atoms with Gasteiger partial charge in [0.15, 0.2) is 5.79 Å². The van der Waals surface area contributed by atoms with Crippen LogP contribution in [-0.4, -0.2) is 39.9 Å². The molecule has 5 aliphatic carbocycles. The van der Waals surface area contributed by atoms with E-state index >= 15 is 0 Å². The molecule has 4 heteroatoms. The largest absolute Gasteiger partial charge is 0.393 e. The predicted octanol–water partition coefficient (Wildman–Crippen LogP) is 5.05. The predicted molar refractivity (Wildman–Crippen MR) is 122 cm³/mol. The van der Waals surface area contributed by atoms with E-state index in [2.05, 4.69) is 20.8 Å². The van der Waals surface area contributed by atoms with Gasteiger partial charge in [0.1, 0.15) is 6.10 Å². The van der Waals surface area contributed by atoms with E-state index in [4.69, 9.17) is 9.47 Å². The van der Waals surface area contributed by atoms with Crippen LogP contribution in [0.3, 0.4) is 0 Å². The van der Waals surface area contributed by atoms with Gasteiger partial charge in [-0.15, -0.1) is 0 Å². The summed E-state index contributed by atoms with van der Waals surface area (Å²) < 4.78 is 13.6. The third kappa shape index (κ3) is 2.17. The highest BCUT2D eigenvalue weighted by Gasteiger charge is 2.82. The minimum atomic E-state index is -0.855. The summed E-state index contributed by atoms with van der Waals surface area (Å²) in [5, 5.41) is 21.7. The van der Waals surface area contributed by atoms with Crippen LogP contribution >= 0.6 is 0 Å². The second-order valence-electron chi connectivity index (χ2n) is 14.7. The highest BCUT2D eigenvalue weighted by atomic mass is 16.8. The van der Waals surface area contributed by atoms with Gasteiger partial charge in [-0.3, -0.25) is 0 Å². The van der Waals surface area contributed by atoms with Gasteiger partial charge in [-0.2, -0.15) is 0 Å². The molecule has 0 amide bonds. The van der Waals surface area contributed by atoms with Crippen molar-refractivity contribution < 1.29 is 19.7 Å². The number of rotatable bonds is 1. The highest BCUT2D eigenvalue weighted by molar-refractivity contribution is 5.30. The van der Waals surface area contributed by atoms with Crippen LogP contribution < -0.4 is 0 Å². The van der Waals surface area contributed by atoms with Gasteiger partial charge in [0.2, 0.25) is 0 Å². The third-order valence-corrected chi connectivity index (χ3v) is 13.0. The number of ether oxygens (including phenoxy) is 2. The summed E-state index contributed by atoms with van der Waals surface area (Å²) in [6.45, 7) is 11.1. The average molecular weight is 445 g/mol. The van der Waals surface area contributed by atoms with E-state index in [1.165, 1.54) is 44.9 Å². The molecular weight excluding hydrogens is 400 g/mol. The summed E-state index contributed by atoms with van der Waals surface area (Å²) in [6.07, 6.45) is 11.9. The van der Waals surface area contributed by atoms with Gasteiger partial charge in [-0.1, -0.05) is 20.8 Å². The lowest BCUT2D eigenvalue weighted by atomic mass is 9.46. The first kappa shape index (κ1) is 21.1. The molecule has 11 atom stereocenters. The molecule has 4 nitrogen and oxygen atoms in total. The molecule has 5 saturated carbocycles. The van der Waals surface area contributed by atoms with Crippen LogP contribution in [0.1, 0.15) is 98.8 Å². The van der Waals surface area contributed by atoms with Crippen molar-refractivity contribution in [3.8, 4) is 0 Å². The maximum absolute atomic E-state index is 10.8. The molecule has 32 heavy (non-hydrogen) atoms. The molecule has 3 spiro atoms. The molecule has 0 aromatic rings. The number of fused-ring (bicyclic) bond motifs is 4. The monoisotopic (exact) mass is 444 g/mol. The SMILES string of the molecule is CC12CC[C@@]34CC35CC[C@H](O)C(C)(C)C5CCC4C1CC13OC(CCC12)[C@@H](C(C)(C)O)O3. The Kier molecular flexibility index (Phi) is 3.83. The van der Waals surface area contributed by atoms with E-state index in [9.17, 15) is 10.2 Å². The van der Waals surface area contributed by atoms with E-state index in [0.717, 1.165) is 25.2 Å². The Balaban J connectivity index is 1.24. The van der Waals surface area contributed by atoms with E-state index in [-0.39, 0.29) is 23.7 Å². The summed E-state index contributed by atoms with van der Waals surface area (Å²) in [5.41, 5.74) is 0.499. The van der Waals surface area contributed by atoms with Gasteiger partial charge in [0, 0.05) is 12.3 Å². The fourth-order valence-electron chi connectivity index (χ4n) is 11.6. The molecule has 7 rings (SSSR count). The maximum Gasteiger partial charge on any atom is 0.173 e. The molecule has 0 aromatic carbocycles. The Hall–Kier alpha value is -0.160.